The standard InChI is InChI=1S/C21H19NO/c1-15-20(16-9-3-2-4-10-16)17-11-5-6-13-19(17)23-21(15)18-12-7-8-14-22-18/h2-15,20-21H,1H3. The molecule has 4 rings (SSSR count). The summed E-state index contributed by atoms with van der Waals surface area (Å²) < 4.78 is 6.32. The molecule has 0 bridgehead atoms. The van der Waals surface area contributed by atoms with E-state index in [1.807, 2.05) is 24.4 Å². The number of hydrogen-bond acceptors (Lipinski definition) is 2. The fourth-order valence-electron chi connectivity index (χ4n) is 3.56. The highest BCUT2D eigenvalue weighted by atomic mass is 16.5. The lowest BCUT2D eigenvalue weighted by molar-refractivity contribution is 0.107. The summed E-state index contributed by atoms with van der Waals surface area (Å²) in [6.45, 7) is 2.26. The Morgan fingerprint density at radius 3 is 2.35 bits per heavy atom. The zero-order valence-electron chi connectivity index (χ0n) is 13.1. The Hall–Kier alpha value is -2.61. The van der Waals surface area contributed by atoms with Gasteiger partial charge in [-0.2, -0.15) is 0 Å². The maximum Gasteiger partial charge on any atom is 0.144 e. The quantitative estimate of drug-likeness (QED) is 0.665. The highest BCUT2D eigenvalue weighted by Gasteiger charge is 2.37. The van der Waals surface area contributed by atoms with Gasteiger partial charge in [0, 0.05) is 23.6 Å². The minimum atomic E-state index is -0.0312. The molecule has 3 aromatic rings. The number of ether oxygens (including phenoxy) is 1. The van der Waals surface area contributed by atoms with Gasteiger partial charge in [0.1, 0.15) is 11.9 Å². The van der Waals surface area contributed by atoms with Crippen LogP contribution < -0.4 is 4.74 Å². The van der Waals surface area contributed by atoms with Crippen molar-refractivity contribution in [2.45, 2.75) is 18.9 Å². The predicted molar refractivity (Wildman–Crippen MR) is 91.5 cm³/mol. The number of para-hydroxylation sites is 1. The Labute approximate surface area is 136 Å². The van der Waals surface area contributed by atoms with Gasteiger partial charge in [0.2, 0.25) is 0 Å². The van der Waals surface area contributed by atoms with E-state index in [4.69, 9.17) is 4.74 Å². The van der Waals surface area contributed by atoms with E-state index in [-0.39, 0.29) is 6.10 Å². The molecule has 0 aliphatic carbocycles. The van der Waals surface area contributed by atoms with Gasteiger partial charge in [-0.1, -0.05) is 61.5 Å². The Kier molecular flexibility index (Phi) is 3.58. The Morgan fingerprint density at radius 2 is 1.57 bits per heavy atom. The molecule has 0 radical (unpaired) electrons. The topological polar surface area (TPSA) is 22.1 Å². The first-order chi connectivity index (χ1) is 11.3. The van der Waals surface area contributed by atoms with E-state index in [9.17, 15) is 0 Å². The number of fused-ring (bicyclic) bond motifs is 1. The minimum absolute atomic E-state index is 0.0312. The molecule has 0 saturated carbocycles. The Morgan fingerprint density at radius 1 is 0.826 bits per heavy atom. The Balaban J connectivity index is 1.83. The van der Waals surface area contributed by atoms with Gasteiger partial charge in [0.25, 0.3) is 0 Å². The number of aromatic nitrogens is 1. The lowest BCUT2D eigenvalue weighted by atomic mass is 9.76. The summed E-state index contributed by atoms with van der Waals surface area (Å²) in [5, 5.41) is 0. The van der Waals surface area contributed by atoms with Gasteiger partial charge in [0.05, 0.1) is 5.69 Å². The van der Waals surface area contributed by atoms with E-state index >= 15 is 0 Å². The van der Waals surface area contributed by atoms with Gasteiger partial charge in [-0.05, 0) is 23.8 Å². The average Bonchev–Trinajstić information content (AvgIpc) is 2.63. The smallest absolute Gasteiger partial charge is 0.144 e. The second-order valence-electron chi connectivity index (χ2n) is 6.08. The van der Waals surface area contributed by atoms with Crippen molar-refractivity contribution in [1.29, 1.82) is 0 Å². The zero-order valence-corrected chi connectivity index (χ0v) is 13.1. The van der Waals surface area contributed by atoms with Crippen molar-refractivity contribution >= 4 is 0 Å². The summed E-state index contributed by atoms with van der Waals surface area (Å²) in [5.41, 5.74) is 3.59. The van der Waals surface area contributed by atoms with Crippen LogP contribution in [0.5, 0.6) is 5.75 Å². The van der Waals surface area contributed by atoms with Gasteiger partial charge >= 0.3 is 0 Å². The van der Waals surface area contributed by atoms with E-state index in [1.165, 1.54) is 11.1 Å². The lowest BCUT2D eigenvalue weighted by Crippen LogP contribution is -2.29. The van der Waals surface area contributed by atoms with Crippen molar-refractivity contribution in [1.82, 2.24) is 4.98 Å². The molecule has 2 heteroatoms. The van der Waals surface area contributed by atoms with E-state index in [2.05, 4.69) is 66.5 Å². The molecular formula is C21H19NO. The molecule has 3 atom stereocenters. The van der Waals surface area contributed by atoms with Crippen LogP contribution in [0.3, 0.4) is 0 Å². The molecule has 114 valence electrons. The number of pyridine rings is 1. The molecule has 0 amide bonds. The van der Waals surface area contributed by atoms with Crippen molar-refractivity contribution in [3.8, 4) is 5.75 Å². The summed E-state index contributed by atoms with van der Waals surface area (Å²) in [7, 11) is 0. The van der Waals surface area contributed by atoms with Crippen LogP contribution in [0.2, 0.25) is 0 Å². The molecule has 1 aromatic heterocycles. The maximum absolute atomic E-state index is 6.32. The SMILES string of the molecule is CC1C(c2ccccn2)Oc2ccccc2C1c1ccccc1. The second-order valence-corrected chi connectivity index (χ2v) is 6.08. The third kappa shape index (κ3) is 2.50. The number of benzene rings is 2. The minimum Gasteiger partial charge on any atom is -0.484 e. The monoisotopic (exact) mass is 301 g/mol. The fraction of sp³-hybridized carbons (Fsp3) is 0.190. The molecule has 0 saturated heterocycles. The molecule has 0 fully saturated rings. The van der Waals surface area contributed by atoms with Crippen LogP contribution in [0, 0.1) is 5.92 Å². The number of hydrogen-bond donors (Lipinski definition) is 0. The summed E-state index contributed by atoms with van der Waals surface area (Å²) in [5.74, 6) is 1.59. The Bertz CT molecular complexity index is 785. The van der Waals surface area contributed by atoms with E-state index in [0.29, 0.717) is 11.8 Å². The van der Waals surface area contributed by atoms with Crippen molar-refractivity contribution < 1.29 is 4.74 Å². The van der Waals surface area contributed by atoms with Crippen LogP contribution in [0.1, 0.15) is 35.8 Å². The molecule has 23 heavy (non-hydrogen) atoms. The highest BCUT2D eigenvalue weighted by Crippen LogP contribution is 2.48. The molecule has 2 nitrogen and oxygen atoms in total. The largest absolute Gasteiger partial charge is 0.484 e. The average molecular weight is 301 g/mol. The first kappa shape index (κ1) is 14.0. The highest BCUT2D eigenvalue weighted by molar-refractivity contribution is 5.45. The normalized spacial score (nSPS) is 22.9. The van der Waals surface area contributed by atoms with Crippen molar-refractivity contribution in [2.24, 2.45) is 5.92 Å². The summed E-state index contributed by atoms with van der Waals surface area (Å²) >= 11 is 0. The number of nitrogens with zero attached hydrogens (tertiary/aromatic N) is 1. The molecular weight excluding hydrogens is 282 g/mol. The molecule has 0 N–H and O–H groups in total. The van der Waals surface area contributed by atoms with Gasteiger partial charge in [-0.25, -0.2) is 0 Å². The van der Waals surface area contributed by atoms with Crippen molar-refractivity contribution in [2.75, 3.05) is 0 Å². The van der Waals surface area contributed by atoms with E-state index < -0.39 is 0 Å². The van der Waals surface area contributed by atoms with Gasteiger partial charge in [-0.15, -0.1) is 0 Å². The molecule has 1 aliphatic heterocycles. The van der Waals surface area contributed by atoms with Gasteiger partial charge in [-0.3, -0.25) is 4.98 Å². The van der Waals surface area contributed by atoms with Crippen LogP contribution in [0.15, 0.2) is 79.0 Å². The third-order valence-corrected chi connectivity index (χ3v) is 4.65. The molecule has 2 aromatic carbocycles. The van der Waals surface area contributed by atoms with Crippen LogP contribution >= 0.6 is 0 Å². The molecule has 3 unspecified atom stereocenters. The third-order valence-electron chi connectivity index (χ3n) is 4.65. The second kappa shape index (κ2) is 5.88. The van der Waals surface area contributed by atoms with Crippen molar-refractivity contribution in [3.63, 3.8) is 0 Å². The zero-order chi connectivity index (χ0) is 15.6. The summed E-state index contributed by atoms with van der Waals surface area (Å²) in [4.78, 5) is 4.53. The van der Waals surface area contributed by atoms with Crippen LogP contribution in [-0.2, 0) is 0 Å². The van der Waals surface area contributed by atoms with Crippen molar-refractivity contribution in [3.05, 3.63) is 95.8 Å². The first-order valence-electron chi connectivity index (χ1n) is 8.06. The number of rotatable bonds is 2. The lowest BCUT2D eigenvalue weighted by Gasteiger charge is -2.38. The van der Waals surface area contributed by atoms with Gasteiger partial charge < -0.3 is 4.74 Å². The first-order valence-corrected chi connectivity index (χ1v) is 8.06. The molecule has 1 aliphatic rings. The van der Waals surface area contributed by atoms with Crippen LogP contribution in [0.25, 0.3) is 0 Å². The summed E-state index contributed by atoms with van der Waals surface area (Å²) in [6, 6.07) is 25.1. The summed E-state index contributed by atoms with van der Waals surface area (Å²) in [6.07, 6.45) is 1.81. The maximum atomic E-state index is 6.32. The van der Waals surface area contributed by atoms with Crippen LogP contribution in [0.4, 0.5) is 0 Å². The fourth-order valence-corrected chi connectivity index (χ4v) is 3.56. The van der Waals surface area contributed by atoms with Gasteiger partial charge in [0.15, 0.2) is 0 Å². The van der Waals surface area contributed by atoms with E-state index in [1.54, 1.807) is 0 Å². The molecule has 2 heterocycles. The molecule has 0 spiro atoms. The van der Waals surface area contributed by atoms with E-state index in [0.717, 1.165) is 11.4 Å². The predicted octanol–water partition coefficient (Wildman–Crippen LogP) is 4.98. The van der Waals surface area contributed by atoms with Crippen LogP contribution in [-0.4, -0.2) is 4.98 Å².